The van der Waals surface area contributed by atoms with E-state index in [0.717, 1.165) is 11.3 Å². The van der Waals surface area contributed by atoms with Gasteiger partial charge in [-0.15, -0.1) is 11.3 Å². The van der Waals surface area contributed by atoms with Gasteiger partial charge in [-0.05, 0) is 47.9 Å². The number of hydrogen-bond acceptors (Lipinski definition) is 12. The summed E-state index contributed by atoms with van der Waals surface area (Å²) >= 11 is 7.46. The predicted octanol–water partition coefficient (Wildman–Crippen LogP) is 4.29. The van der Waals surface area contributed by atoms with Crippen LogP contribution in [0.25, 0.3) is 11.2 Å². The molecule has 0 spiro atoms. The zero-order valence-electron chi connectivity index (χ0n) is 28.9. The summed E-state index contributed by atoms with van der Waals surface area (Å²) in [7, 11) is 1.51. The van der Waals surface area contributed by atoms with Crippen molar-refractivity contribution in [3.63, 3.8) is 0 Å². The van der Waals surface area contributed by atoms with Crippen molar-refractivity contribution in [2.24, 2.45) is 22.8 Å². The first-order valence-electron chi connectivity index (χ1n) is 17.2. The first-order chi connectivity index (χ1) is 25.7. The van der Waals surface area contributed by atoms with Gasteiger partial charge in [0.2, 0.25) is 11.7 Å². The Balaban J connectivity index is 1.33. The molecule has 13 nitrogen and oxygen atoms in total. The molecule has 0 aliphatic heterocycles. The normalized spacial score (nSPS) is 22.5. The van der Waals surface area contributed by atoms with Crippen molar-refractivity contribution >= 4 is 57.8 Å². The summed E-state index contributed by atoms with van der Waals surface area (Å²) < 4.78 is 14.8. The van der Waals surface area contributed by atoms with Crippen molar-refractivity contribution in [2.45, 2.75) is 50.1 Å². The van der Waals surface area contributed by atoms with E-state index in [2.05, 4.69) is 32.4 Å². The Morgan fingerprint density at radius 1 is 0.981 bits per heavy atom. The number of nitrogens with one attached hydrogen (secondary N) is 2. The van der Waals surface area contributed by atoms with Crippen LogP contribution in [0.2, 0.25) is 4.34 Å². The molecule has 0 bridgehead atoms. The van der Waals surface area contributed by atoms with Crippen LogP contribution in [0.15, 0.2) is 79.1 Å². The molecule has 6 N–H and O–H groups in total. The molecule has 15 heteroatoms. The summed E-state index contributed by atoms with van der Waals surface area (Å²) in [6.07, 6.45) is 0.292. The summed E-state index contributed by atoms with van der Waals surface area (Å²) in [5.41, 5.74) is 13.4. The third kappa shape index (κ3) is 6.84. The number of fused-ring (bicyclic) bond motifs is 2. The maximum absolute atomic E-state index is 13.9. The smallest absolute Gasteiger partial charge is 0.328 e. The summed E-state index contributed by atoms with van der Waals surface area (Å²) in [4.78, 5) is 56.4. The second kappa shape index (κ2) is 15.0. The Hall–Kier alpha value is -5.33. The Morgan fingerprint density at radius 3 is 2.25 bits per heavy atom. The number of carbonyl (C=O) groups is 3. The van der Waals surface area contributed by atoms with E-state index in [1.165, 1.54) is 18.4 Å². The Bertz CT molecular complexity index is 2220. The SMILES string of the molecule is CCCNc1nc(C#Cc2ccc(Cl)s2)nc2c1ncn2C1C(OC(=O)C(N)c2ccccc2)C(OC(=O)C(N)c2ccccc2)C2(C(=O)NC)CC12. The predicted molar refractivity (Wildman–Crippen MR) is 200 cm³/mol. The largest absolute Gasteiger partial charge is 0.456 e. The molecule has 7 rings (SSSR count). The molecule has 5 aromatic rings. The molecule has 272 valence electrons. The molecule has 2 saturated carbocycles. The molecule has 3 heterocycles. The average Bonchev–Trinajstić information content (AvgIpc) is 3.40. The molecule has 0 radical (unpaired) electrons. The molecule has 1 amide bonds. The number of thiophene rings is 1. The highest BCUT2D eigenvalue weighted by Gasteiger charge is 2.78. The number of ether oxygens (including phenoxy) is 2. The van der Waals surface area contributed by atoms with Crippen LogP contribution in [0.3, 0.4) is 0 Å². The number of amides is 1. The number of benzene rings is 2. The lowest BCUT2D eigenvalue weighted by Gasteiger charge is -2.32. The minimum Gasteiger partial charge on any atom is -0.456 e. The zero-order chi connectivity index (χ0) is 37.3. The van der Waals surface area contributed by atoms with Gasteiger partial charge in [-0.25, -0.2) is 24.5 Å². The second-order valence-corrected chi connectivity index (χ2v) is 14.7. The monoisotopic (exact) mass is 752 g/mol. The quantitative estimate of drug-likeness (QED) is 0.111. The van der Waals surface area contributed by atoms with Gasteiger partial charge in [-0.1, -0.05) is 79.2 Å². The number of nitrogens with zero attached hydrogens (tertiary/aromatic N) is 4. The number of esters is 2. The Labute approximate surface area is 314 Å². The van der Waals surface area contributed by atoms with Crippen LogP contribution in [-0.2, 0) is 23.9 Å². The van der Waals surface area contributed by atoms with Crippen LogP contribution in [-0.4, -0.2) is 63.2 Å². The molecule has 53 heavy (non-hydrogen) atoms. The van der Waals surface area contributed by atoms with Gasteiger partial charge in [0.25, 0.3) is 0 Å². The topological polar surface area (TPSA) is 189 Å². The van der Waals surface area contributed by atoms with Crippen molar-refractivity contribution in [3.8, 4) is 11.8 Å². The number of aromatic nitrogens is 4. The van der Waals surface area contributed by atoms with Crippen LogP contribution >= 0.6 is 22.9 Å². The van der Waals surface area contributed by atoms with Crippen LogP contribution < -0.4 is 22.1 Å². The van der Waals surface area contributed by atoms with Gasteiger partial charge < -0.3 is 36.1 Å². The number of anilines is 1. The highest BCUT2D eigenvalue weighted by Crippen LogP contribution is 2.69. The van der Waals surface area contributed by atoms with E-state index in [4.69, 9.17) is 37.5 Å². The molecule has 2 aromatic carbocycles. The van der Waals surface area contributed by atoms with Crippen LogP contribution in [0.4, 0.5) is 5.82 Å². The maximum Gasteiger partial charge on any atom is 0.328 e. The molecule has 2 aliphatic carbocycles. The highest BCUT2D eigenvalue weighted by molar-refractivity contribution is 7.16. The van der Waals surface area contributed by atoms with Crippen LogP contribution in [0, 0.1) is 23.2 Å². The van der Waals surface area contributed by atoms with Gasteiger partial charge in [0.15, 0.2) is 29.2 Å². The van der Waals surface area contributed by atoms with E-state index >= 15 is 0 Å². The van der Waals surface area contributed by atoms with E-state index in [9.17, 15) is 14.4 Å². The highest BCUT2D eigenvalue weighted by atomic mass is 35.5. The molecule has 3 aromatic heterocycles. The number of rotatable bonds is 11. The van der Waals surface area contributed by atoms with Gasteiger partial charge in [-0.2, -0.15) is 0 Å². The maximum atomic E-state index is 13.9. The molecule has 7 unspecified atom stereocenters. The van der Waals surface area contributed by atoms with Gasteiger partial charge in [0.1, 0.15) is 12.1 Å². The first kappa shape index (κ1) is 36.0. The van der Waals surface area contributed by atoms with Crippen LogP contribution in [0.5, 0.6) is 0 Å². The number of nitrogens with two attached hydrogens (primary N) is 2. The van der Waals surface area contributed by atoms with Crippen molar-refractivity contribution in [2.75, 3.05) is 18.9 Å². The Kier molecular flexibility index (Phi) is 10.2. The Morgan fingerprint density at radius 2 is 1.64 bits per heavy atom. The second-order valence-electron chi connectivity index (χ2n) is 13.0. The third-order valence-corrected chi connectivity index (χ3v) is 10.9. The van der Waals surface area contributed by atoms with Gasteiger partial charge in [-0.3, -0.25) is 4.79 Å². The summed E-state index contributed by atoms with van der Waals surface area (Å²) in [5, 5.41) is 6.06. The lowest BCUT2D eigenvalue weighted by molar-refractivity contribution is -0.176. The summed E-state index contributed by atoms with van der Waals surface area (Å²) in [6.45, 7) is 2.63. The van der Waals surface area contributed by atoms with Gasteiger partial charge in [0.05, 0.1) is 27.0 Å². The van der Waals surface area contributed by atoms with Gasteiger partial charge >= 0.3 is 11.9 Å². The molecule has 7 atom stereocenters. The van der Waals surface area contributed by atoms with Gasteiger partial charge in [0, 0.05) is 19.5 Å². The number of imidazole rings is 1. The van der Waals surface area contributed by atoms with Crippen molar-refractivity contribution in [1.82, 2.24) is 24.8 Å². The zero-order valence-corrected chi connectivity index (χ0v) is 30.4. The van der Waals surface area contributed by atoms with E-state index in [1.54, 1.807) is 71.6 Å². The minimum absolute atomic E-state index is 0.213. The fourth-order valence-electron chi connectivity index (χ4n) is 7.09. The molecule has 2 aliphatic rings. The van der Waals surface area contributed by atoms with Crippen molar-refractivity contribution < 1.29 is 23.9 Å². The number of halogens is 1. The summed E-state index contributed by atoms with van der Waals surface area (Å²) in [6, 6.07) is 18.0. The molecular weight excluding hydrogens is 716 g/mol. The molecule has 0 saturated heterocycles. The van der Waals surface area contributed by atoms with E-state index in [0.29, 0.717) is 45.4 Å². The van der Waals surface area contributed by atoms with Crippen molar-refractivity contribution in [3.05, 3.63) is 105 Å². The lowest BCUT2D eigenvalue weighted by atomic mass is 9.97. The van der Waals surface area contributed by atoms with E-state index < -0.39 is 53.6 Å². The molecular formula is C38H37ClN8O5S. The van der Waals surface area contributed by atoms with Crippen LogP contribution in [0.1, 0.15) is 59.7 Å². The average molecular weight is 753 g/mol. The minimum atomic E-state index is -1.25. The fourth-order valence-corrected chi connectivity index (χ4v) is 7.99. The number of hydrogen-bond donors (Lipinski definition) is 4. The van der Waals surface area contributed by atoms with E-state index in [-0.39, 0.29) is 11.7 Å². The standard InChI is InChI=1S/C38H37ClN8O5S/c1-3-18-43-33-29-34(46-26(45-33)17-15-23-14-16-25(39)53-23)47(20-44-29)30-24-19-38(24,37(50)42-2)32(52-36(49)28(41)22-12-8-5-9-13-22)31(30)51-35(48)27(40)21-10-6-4-7-11-21/h4-14,16,20,24,27-28,30-32H,3,18-19,40-41H2,1-2H3,(H,42,50)(H,43,45,46). The lowest BCUT2D eigenvalue weighted by Crippen LogP contribution is -2.47. The van der Waals surface area contributed by atoms with Crippen molar-refractivity contribution in [1.29, 1.82) is 0 Å². The third-order valence-electron chi connectivity index (χ3n) is 9.74. The van der Waals surface area contributed by atoms with E-state index in [1.807, 2.05) is 19.1 Å². The first-order valence-corrected chi connectivity index (χ1v) is 18.4. The number of carbonyl (C=O) groups excluding carboxylic acids is 3. The molecule has 2 fully saturated rings. The summed E-state index contributed by atoms with van der Waals surface area (Å²) in [5.74, 6) is 4.42. The fraction of sp³-hybridized carbons (Fsp3) is 0.316.